The second kappa shape index (κ2) is 19.2. The molecule has 0 saturated carbocycles. The number of piperidine rings is 2. The Labute approximate surface area is 382 Å². The summed E-state index contributed by atoms with van der Waals surface area (Å²) in [5.74, 6) is 0.851. The van der Waals surface area contributed by atoms with Gasteiger partial charge in [0.1, 0.15) is 5.75 Å². The van der Waals surface area contributed by atoms with Crippen LogP contribution in [0.3, 0.4) is 0 Å². The lowest BCUT2D eigenvalue weighted by atomic mass is 10.0. The van der Waals surface area contributed by atoms with Crippen LogP contribution in [0.25, 0.3) is 32.8 Å². The Morgan fingerprint density at radius 2 is 1.15 bits per heavy atom. The van der Waals surface area contributed by atoms with E-state index in [2.05, 4.69) is 38.2 Å². The average Bonchev–Trinajstić information content (AvgIpc) is 3.85. The molecule has 6 aliphatic rings. The van der Waals surface area contributed by atoms with Gasteiger partial charge < -0.3 is 25.0 Å². The number of aromatic nitrogens is 6. The summed E-state index contributed by atoms with van der Waals surface area (Å²) in [4.78, 5) is 58.3. The van der Waals surface area contributed by atoms with E-state index in [0.717, 1.165) is 44.0 Å². The Morgan fingerprint density at radius 3 is 1.78 bits per heavy atom. The Bertz CT molecular complexity index is 3650. The van der Waals surface area contributed by atoms with E-state index in [9.17, 15) is 29.6 Å². The Hall–Kier alpha value is -7.40. The molecule has 67 heavy (non-hydrogen) atoms. The molecule has 344 valence electrons. The minimum Gasteiger partial charge on any atom is -0.571 e. The van der Waals surface area contributed by atoms with E-state index in [1.54, 1.807) is 60.7 Å². The summed E-state index contributed by atoms with van der Waals surface area (Å²) in [5, 5.41) is 50.8. The zero-order valence-corrected chi connectivity index (χ0v) is 37.5. The van der Waals surface area contributed by atoms with Gasteiger partial charge in [0.25, 0.3) is 0 Å². The van der Waals surface area contributed by atoms with E-state index >= 15 is 0 Å². The number of anilines is 1. The lowest BCUT2D eigenvalue weighted by Crippen LogP contribution is -2.41. The quantitative estimate of drug-likeness (QED) is 0.142. The molecule has 4 aromatic rings. The van der Waals surface area contributed by atoms with Crippen molar-refractivity contribution in [2.75, 3.05) is 44.2 Å². The van der Waals surface area contributed by atoms with Crippen molar-refractivity contribution in [1.82, 2.24) is 24.5 Å². The molecule has 17 heteroatoms. The molecule has 17 nitrogen and oxygen atoms in total. The minimum absolute atomic E-state index is 0.0573. The SMILES string of the molecule is CCOc1cc(N2CCCCC2)ccc1CCCn1c2c(=O)c3ccccccc=3c(=O)c2n[n+]1[O-].N=c1c2c(=O)c3n[n+]([O-])n(CCCN4CCCCC4)c3c(=O)c=2c(=N)c2ccccc12. The molecule has 0 radical (unpaired) electrons. The molecule has 0 amide bonds. The molecule has 4 aliphatic carbocycles. The largest absolute Gasteiger partial charge is 0.571 e. The summed E-state index contributed by atoms with van der Waals surface area (Å²) in [5.41, 5.74) is -0.113. The number of rotatable bonds is 11. The second-order valence-corrected chi connectivity index (χ2v) is 17.3. The highest BCUT2D eigenvalue weighted by atomic mass is 16.5. The molecular formula is C50H52N10O7. The molecule has 0 unspecified atom stereocenters. The molecule has 4 heterocycles. The molecule has 2 aliphatic heterocycles. The van der Waals surface area contributed by atoms with Crippen LogP contribution in [0.15, 0.2) is 98.0 Å². The monoisotopic (exact) mass is 904 g/mol. The molecular weight excluding hydrogens is 853 g/mol. The van der Waals surface area contributed by atoms with E-state index in [1.807, 2.05) is 6.92 Å². The van der Waals surface area contributed by atoms with Gasteiger partial charge in [-0.05, 0) is 83.0 Å². The van der Waals surface area contributed by atoms with Gasteiger partial charge in [-0.2, -0.15) is 0 Å². The van der Waals surface area contributed by atoms with Crippen LogP contribution in [0.5, 0.6) is 5.75 Å². The summed E-state index contributed by atoms with van der Waals surface area (Å²) >= 11 is 0. The van der Waals surface area contributed by atoms with Crippen LogP contribution in [0.4, 0.5) is 5.69 Å². The third kappa shape index (κ3) is 8.50. The Kier molecular flexibility index (Phi) is 12.8. The van der Waals surface area contributed by atoms with Gasteiger partial charge in [-0.1, -0.05) is 73.2 Å². The lowest BCUT2D eigenvalue weighted by molar-refractivity contribution is -0.746. The number of hydrogen-bond donors (Lipinski definition) is 2. The number of nitrogens with zero attached hydrogens (tertiary/aromatic N) is 8. The zero-order valence-electron chi connectivity index (χ0n) is 37.5. The number of aryl methyl sites for hydroxylation is 3. The molecule has 2 fully saturated rings. The van der Waals surface area contributed by atoms with Crippen molar-refractivity contribution in [1.29, 1.82) is 10.8 Å². The second-order valence-electron chi connectivity index (χ2n) is 17.3. The van der Waals surface area contributed by atoms with Crippen molar-refractivity contribution in [3.63, 3.8) is 0 Å². The van der Waals surface area contributed by atoms with Gasteiger partial charge in [-0.15, -0.1) is 9.36 Å². The fourth-order valence-electron chi connectivity index (χ4n) is 9.77. The maximum atomic E-state index is 13.4. The van der Waals surface area contributed by atoms with Crippen molar-refractivity contribution < 1.29 is 14.7 Å². The van der Waals surface area contributed by atoms with E-state index in [-0.39, 0.29) is 72.2 Å². The van der Waals surface area contributed by atoms with Crippen LogP contribution < -0.4 is 52.0 Å². The first-order chi connectivity index (χ1) is 32.6. The Balaban J connectivity index is 0.000000170. The van der Waals surface area contributed by atoms with Crippen molar-refractivity contribution in [2.24, 2.45) is 0 Å². The highest BCUT2D eigenvalue weighted by molar-refractivity contribution is 5.83. The third-order valence-electron chi connectivity index (χ3n) is 13.1. The van der Waals surface area contributed by atoms with Gasteiger partial charge in [0.15, 0.2) is 11.0 Å². The number of benzene rings is 2. The number of likely N-dealkylation sites (tertiary alicyclic amines) is 1. The normalized spacial score (nSPS) is 14.6. The van der Waals surface area contributed by atoms with Crippen LogP contribution in [0, 0.1) is 42.1 Å². The van der Waals surface area contributed by atoms with Gasteiger partial charge in [0.2, 0.25) is 32.7 Å². The number of hydrogen-bond acceptors (Lipinski definition) is 13. The maximum absolute atomic E-state index is 13.4. The molecule has 2 aromatic heterocycles. The summed E-state index contributed by atoms with van der Waals surface area (Å²) < 4.78 is 8.41. The first kappa shape index (κ1) is 44.8. The summed E-state index contributed by atoms with van der Waals surface area (Å²) in [6, 6.07) is 23.3. The Morgan fingerprint density at radius 1 is 0.612 bits per heavy atom. The molecule has 0 atom stereocenters. The fourth-order valence-corrected chi connectivity index (χ4v) is 9.77. The topological polar surface area (TPSA) is 221 Å². The number of fused-ring (bicyclic) bond motifs is 3. The van der Waals surface area contributed by atoms with Crippen molar-refractivity contribution in [2.45, 2.75) is 77.8 Å². The maximum Gasteiger partial charge on any atom is 0.223 e. The fraction of sp³-hybridized carbons (Fsp3) is 0.360. The summed E-state index contributed by atoms with van der Waals surface area (Å²) in [6.07, 6.45) is 9.16. The van der Waals surface area contributed by atoms with Gasteiger partial charge in [0, 0.05) is 72.7 Å². The van der Waals surface area contributed by atoms with Gasteiger partial charge >= 0.3 is 0 Å². The van der Waals surface area contributed by atoms with Crippen LogP contribution in [0.1, 0.15) is 63.9 Å². The summed E-state index contributed by atoms with van der Waals surface area (Å²) in [6.45, 7) is 8.04. The molecule has 2 saturated heterocycles. The lowest BCUT2D eigenvalue weighted by Gasteiger charge is -2.29. The minimum atomic E-state index is -0.645. The zero-order chi connectivity index (χ0) is 46.8. The van der Waals surface area contributed by atoms with Gasteiger partial charge in [-0.3, -0.25) is 30.0 Å². The van der Waals surface area contributed by atoms with Crippen LogP contribution in [0.2, 0.25) is 0 Å². The van der Waals surface area contributed by atoms with Crippen molar-refractivity contribution in [3.8, 4) is 5.75 Å². The predicted molar refractivity (Wildman–Crippen MR) is 252 cm³/mol. The van der Waals surface area contributed by atoms with Crippen molar-refractivity contribution in [3.05, 3.63) is 167 Å². The first-order valence-electron chi connectivity index (χ1n) is 23.2. The molecule has 10 rings (SSSR count). The van der Waals surface area contributed by atoms with Crippen molar-refractivity contribution >= 4 is 38.5 Å². The third-order valence-corrected chi connectivity index (χ3v) is 13.1. The van der Waals surface area contributed by atoms with E-state index in [4.69, 9.17) is 15.6 Å². The smallest absolute Gasteiger partial charge is 0.223 e. The standard InChI is InChI=1S/C28H30N4O4.C22H22N6O3/c1-2-36-24-19-21(30-16-8-5-9-17-30)15-14-20(24)11-10-18-31-26-25(29-32(31)35)27(33)22-12-6-3-4-7-13-23(22)28(26)34;23-17-13-7-2-3-8-14(13)18(24)16-15(17)21(29)19-20(22(16)30)27(28(31)25-19)12-6-11-26-9-4-1-5-10-26/h3-4,6-7,12-15,19H,2,5,8-11,16-18H2,1H3;2-3,7-8,23-24H,1,4-6,9-12H2. The van der Waals surface area contributed by atoms with Crippen LogP contribution in [-0.2, 0) is 19.5 Å². The van der Waals surface area contributed by atoms with Crippen LogP contribution >= 0.6 is 0 Å². The van der Waals surface area contributed by atoms with Gasteiger partial charge in [0.05, 0.1) is 40.8 Å². The molecule has 2 aromatic carbocycles. The van der Waals surface area contributed by atoms with E-state index in [0.29, 0.717) is 46.6 Å². The summed E-state index contributed by atoms with van der Waals surface area (Å²) in [7, 11) is 0. The molecule has 2 N–H and O–H groups in total. The first-order valence-corrected chi connectivity index (χ1v) is 23.2. The average molecular weight is 905 g/mol. The molecule has 0 bridgehead atoms. The van der Waals surface area contributed by atoms with Gasteiger partial charge in [-0.25, -0.2) is 0 Å². The highest BCUT2D eigenvalue weighted by Gasteiger charge is 2.25. The van der Waals surface area contributed by atoms with E-state index < -0.39 is 16.3 Å². The number of nitrogens with one attached hydrogen (secondary N) is 2. The predicted octanol–water partition coefficient (Wildman–Crippen LogP) is 3.12. The highest BCUT2D eigenvalue weighted by Crippen LogP contribution is 2.29. The number of ether oxygens (including phenoxy) is 1. The van der Waals surface area contributed by atoms with Crippen LogP contribution in [-0.4, -0.2) is 63.8 Å². The molecule has 0 spiro atoms. The van der Waals surface area contributed by atoms with E-state index in [1.165, 1.54) is 53.6 Å².